The number of benzene rings is 1. The van der Waals surface area contributed by atoms with Crippen molar-refractivity contribution in [3.63, 3.8) is 0 Å². The van der Waals surface area contributed by atoms with Gasteiger partial charge in [-0.25, -0.2) is 0 Å². The predicted molar refractivity (Wildman–Crippen MR) is 76.8 cm³/mol. The number of hydrogen-bond acceptors (Lipinski definition) is 2. The average Bonchev–Trinajstić information content (AvgIpc) is 2.72. The van der Waals surface area contributed by atoms with E-state index in [0.717, 1.165) is 19.4 Å². The van der Waals surface area contributed by atoms with Crippen LogP contribution in [0.15, 0.2) is 24.3 Å². The minimum absolute atomic E-state index is 0.607. The van der Waals surface area contributed by atoms with E-state index >= 15 is 0 Å². The predicted octanol–water partition coefficient (Wildman–Crippen LogP) is 2.89. The molecule has 0 radical (unpaired) electrons. The van der Waals surface area contributed by atoms with Crippen LogP contribution in [0, 0.1) is 0 Å². The van der Waals surface area contributed by atoms with Gasteiger partial charge in [0.15, 0.2) is 0 Å². The third-order valence-corrected chi connectivity index (χ3v) is 3.55. The molecule has 0 aliphatic rings. The Balaban J connectivity index is 2.12. The van der Waals surface area contributed by atoms with E-state index in [1.54, 1.807) is 0 Å². The maximum absolute atomic E-state index is 4.65. The second-order valence-corrected chi connectivity index (χ2v) is 4.79. The number of nitrogens with zero attached hydrogens (tertiary/aromatic N) is 2. The van der Waals surface area contributed by atoms with Gasteiger partial charge >= 0.3 is 0 Å². The normalized spacial score (nSPS) is 13.1. The first-order valence-corrected chi connectivity index (χ1v) is 6.90. The molecule has 1 N–H and O–H groups in total. The minimum Gasteiger partial charge on any atom is -0.314 e. The van der Waals surface area contributed by atoms with Crippen molar-refractivity contribution in [2.24, 2.45) is 7.05 Å². The van der Waals surface area contributed by atoms with E-state index in [9.17, 15) is 0 Å². The highest BCUT2D eigenvalue weighted by Crippen LogP contribution is 2.19. The Morgan fingerprint density at radius 3 is 2.78 bits per heavy atom. The van der Waals surface area contributed by atoms with Crippen molar-refractivity contribution in [1.82, 2.24) is 15.1 Å². The molecule has 0 aliphatic heterocycles. The lowest BCUT2D eigenvalue weighted by Gasteiger charge is -2.14. The van der Waals surface area contributed by atoms with E-state index in [4.69, 9.17) is 0 Å². The molecule has 2 rings (SSSR count). The highest BCUT2D eigenvalue weighted by molar-refractivity contribution is 5.81. The molecule has 0 bridgehead atoms. The molecule has 0 amide bonds. The third-order valence-electron chi connectivity index (χ3n) is 3.55. The van der Waals surface area contributed by atoms with Crippen LogP contribution in [-0.4, -0.2) is 22.4 Å². The van der Waals surface area contributed by atoms with Gasteiger partial charge in [0.25, 0.3) is 0 Å². The van der Waals surface area contributed by atoms with E-state index in [0.29, 0.717) is 6.04 Å². The van der Waals surface area contributed by atoms with Crippen LogP contribution in [0.5, 0.6) is 0 Å². The van der Waals surface area contributed by atoms with Crippen molar-refractivity contribution in [2.45, 2.75) is 39.2 Å². The average molecular weight is 245 g/mol. The van der Waals surface area contributed by atoms with Crippen LogP contribution in [0.4, 0.5) is 0 Å². The lowest BCUT2D eigenvalue weighted by Crippen LogP contribution is -2.28. The van der Waals surface area contributed by atoms with Crippen molar-refractivity contribution >= 4 is 10.9 Å². The van der Waals surface area contributed by atoms with Crippen molar-refractivity contribution in [1.29, 1.82) is 0 Å². The molecular formula is C15H23N3. The quantitative estimate of drug-likeness (QED) is 0.848. The van der Waals surface area contributed by atoms with Gasteiger partial charge in [-0.2, -0.15) is 5.10 Å². The first-order valence-electron chi connectivity index (χ1n) is 6.90. The van der Waals surface area contributed by atoms with Crippen LogP contribution in [0.1, 0.15) is 32.4 Å². The SMILES string of the molecule is CCNC(CC)CCc1nn(C)c2ccccc12. The van der Waals surface area contributed by atoms with E-state index in [1.165, 1.54) is 23.0 Å². The summed E-state index contributed by atoms with van der Waals surface area (Å²) in [5.74, 6) is 0. The summed E-state index contributed by atoms with van der Waals surface area (Å²) >= 11 is 0. The summed E-state index contributed by atoms with van der Waals surface area (Å²) < 4.78 is 1.98. The van der Waals surface area contributed by atoms with Crippen molar-refractivity contribution in [2.75, 3.05) is 6.54 Å². The standard InChI is InChI=1S/C15H23N3/c1-4-12(16-5-2)10-11-14-13-8-6-7-9-15(13)18(3)17-14/h6-9,12,16H,4-5,10-11H2,1-3H3. The second-order valence-electron chi connectivity index (χ2n) is 4.79. The Labute approximate surface area is 109 Å². The number of aryl methyl sites for hydroxylation is 2. The Morgan fingerprint density at radius 2 is 2.06 bits per heavy atom. The largest absolute Gasteiger partial charge is 0.314 e. The Kier molecular flexibility index (Phi) is 4.37. The molecule has 1 atom stereocenters. The van der Waals surface area contributed by atoms with Gasteiger partial charge in [0.05, 0.1) is 11.2 Å². The van der Waals surface area contributed by atoms with E-state index in [-0.39, 0.29) is 0 Å². The molecular weight excluding hydrogens is 222 g/mol. The molecule has 2 aromatic rings. The smallest absolute Gasteiger partial charge is 0.0703 e. The fourth-order valence-corrected chi connectivity index (χ4v) is 2.52. The van der Waals surface area contributed by atoms with Crippen LogP contribution in [0.2, 0.25) is 0 Å². The molecule has 3 nitrogen and oxygen atoms in total. The Hall–Kier alpha value is -1.35. The highest BCUT2D eigenvalue weighted by Gasteiger charge is 2.10. The van der Waals surface area contributed by atoms with Gasteiger partial charge in [0.2, 0.25) is 0 Å². The molecule has 0 fully saturated rings. The van der Waals surface area contributed by atoms with Crippen molar-refractivity contribution in [3.05, 3.63) is 30.0 Å². The maximum atomic E-state index is 4.65. The molecule has 98 valence electrons. The molecule has 18 heavy (non-hydrogen) atoms. The number of fused-ring (bicyclic) bond motifs is 1. The maximum Gasteiger partial charge on any atom is 0.0703 e. The van der Waals surface area contributed by atoms with Crippen molar-refractivity contribution in [3.8, 4) is 0 Å². The summed E-state index contributed by atoms with van der Waals surface area (Å²) in [6.45, 7) is 5.45. The van der Waals surface area contributed by atoms with Crippen LogP contribution >= 0.6 is 0 Å². The summed E-state index contributed by atoms with van der Waals surface area (Å²) in [7, 11) is 2.02. The highest BCUT2D eigenvalue weighted by atomic mass is 15.3. The van der Waals surface area contributed by atoms with Crippen LogP contribution in [0.3, 0.4) is 0 Å². The van der Waals surface area contributed by atoms with Crippen LogP contribution in [-0.2, 0) is 13.5 Å². The number of hydrogen-bond donors (Lipinski definition) is 1. The second kappa shape index (κ2) is 6.01. The topological polar surface area (TPSA) is 29.9 Å². The molecule has 1 unspecified atom stereocenters. The zero-order chi connectivity index (χ0) is 13.0. The Morgan fingerprint density at radius 1 is 1.28 bits per heavy atom. The number of rotatable bonds is 6. The zero-order valence-electron chi connectivity index (χ0n) is 11.6. The van der Waals surface area contributed by atoms with Crippen LogP contribution in [0.25, 0.3) is 10.9 Å². The molecule has 0 saturated carbocycles. The number of nitrogens with one attached hydrogen (secondary N) is 1. The number of aromatic nitrogens is 2. The fourth-order valence-electron chi connectivity index (χ4n) is 2.52. The molecule has 1 heterocycles. The summed E-state index contributed by atoms with van der Waals surface area (Å²) in [5, 5.41) is 9.47. The molecule has 1 aromatic carbocycles. The lowest BCUT2D eigenvalue weighted by atomic mass is 10.1. The van der Waals surface area contributed by atoms with Crippen molar-refractivity contribution < 1.29 is 0 Å². The molecule has 1 aromatic heterocycles. The van der Waals surface area contributed by atoms with Gasteiger partial charge in [-0.15, -0.1) is 0 Å². The Bertz CT molecular complexity index is 501. The van der Waals surface area contributed by atoms with Gasteiger partial charge in [-0.05, 0) is 31.9 Å². The van der Waals surface area contributed by atoms with Gasteiger partial charge in [0, 0.05) is 18.5 Å². The zero-order valence-corrected chi connectivity index (χ0v) is 11.6. The molecule has 0 saturated heterocycles. The number of para-hydroxylation sites is 1. The van der Waals surface area contributed by atoms with Gasteiger partial charge in [-0.1, -0.05) is 32.0 Å². The third kappa shape index (κ3) is 2.72. The van der Waals surface area contributed by atoms with Gasteiger partial charge < -0.3 is 5.32 Å². The fraction of sp³-hybridized carbons (Fsp3) is 0.533. The van der Waals surface area contributed by atoms with E-state index in [2.05, 4.69) is 48.5 Å². The summed E-state index contributed by atoms with van der Waals surface area (Å²) in [6.07, 6.45) is 3.39. The van der Waals surface area contributed by atoms with Gasteiger partial charge in [-0.3, -0.25) is 4.68 Å². The first kappa shape index (κ1) is 13.1. The van der Waals surface area contributed by atoms with Gasteiger partial charge in [0.1, 0.15) is 0 Å². The van der Waals surface area contributed by atoms with Crippen LogP contribution < -0.4 is 5.32 Å². The minimum atomic E-state index is 0.607. The summed E-state index contributed by atoms with van der Waals surface area (Å²) in [5.41, 5.74) is 2.45. The molecule has 0 aliphatic carbocycles. The molecule has 3 heteroatoms. The summed E-state index contributed by atoms with van der Waals surface area (Å²) in [4.78, 5) is 0. The monoisotopic (exact) mass is 245 g/mol. The summed E-state index contributed by atoms with van der Waals surface area (Å²) in [6, 6.07) is 9.08. The van der Waals surface area contributed by atoms with E-state index < -0.39 is 0 Å². The van der Waals surface area contributed by atoms with E-state index in [1.807, 2.05) is 11.7 Å². The molecule has 0 spiro atoms. The lowest BCUT2D eigenvalue weighted by molar-refractivity contribution is 0.478. The first-order chi connectivity index (χ1) is 8.76.